The molecule has 0 aromatic heterocycles. The predicted molar refractivity (Wildman–Crippen MR) is 73.8 cm³/mol. The van der Waals surface area contributed by atoms with Crippen molar-refractivity contribution in [3.63, 3.8) is 0 Å². The van der Waals surface area contributed by atoms with Crippen LogP contribution in [0.2, 0.25) is 0 Å². The number of benzene rings is 1. The molecule has 1 heterocycles. The van der Waals surface area contributed by atoms with E-state index in [1.54, 1.807) is 4.90 Å². The van der Waals surface area contributed by atoms with Gasteiger partial charge in [-0.05, 0) is 30.9 Å². The fraction of sp³-hybridized carbons (Fsp3) is 0.429. The molecule has 0 fully saturated rings. The number of carbonyl (C=O) groups excluding carboxylic acids is 1. The van der Waals surface area contributed by atoms with Gasteiger partial charge in [-0.2, -0.15) is 0 Å². The second-order valence-corrected chi connectivity index (χ2v) is 4.78. The van der Waals surface area contributed by atoms with Crippen LogP contribution in [-0.4, -0.2) is 41.4 Å². The minimum atomic E-state index is -1.58. The van der Waals surface area contributed by atoms with Gasteiger partial charge >= 0.3 is 12.0 Å². The van der Waals surface area contributed by atoms with Crippen LogP contribution in [0.5, 0.6) is 0 Å². The standard InChI is InChI=1S/C14H18N2O4/c17-12(13(18)19)9-15-14(20)16-8-4-3-6-10-5-1-2-7-11(10)16/h1-2,5,7,12,17H,3-4,6,8-9H2,(H,15,20)(H,18,19). The van der Waals surface area contributed by atoms with Gasteiger partial charge in [0.05, 0.1) is 6.54 Å². The summed E-state index contributed by atoms with van der Waals surface area (Å²) in [6, 6.07) is 7.31. The molecule has 0 saturated carbocycles. The second kappa shape index (κ2) is 6.38. The molecule has 1 aromatic rings. The van der Waals surface area contributed by atoms with Crippen LogP contribution < -0.4 is 10.2 Å². The van der Waals surface area contributed by atoms with Crippen molar-refractivity contribution in [3.8, 4) is 0 Å². The number of fused-ring (bicyclic) bond motifs is 1. The van der Waals surface area contributed by atoms with Crippen molar-refractivity contribution in [1.29, 1.82) is 0 Å². The first-order valence-electron chi connectivity index (χ1n) is 6.63. The minimum absolute atomic E-state index is 0.299. The van der Waals surface area contributed by atoms with Gasteiger partial charge in [0.2, 0.25) is 0 Å². The lowest BCUT2D eigenvalue weighted by Gasteiger charge is -2.23. The minimum Gasteiger partial charge on any atom is -0.479 e. The Morgan fingerprint density at radius 3 is 2.80 bits per heavy atom. The molecular weight excluding hydrogens is 260 g/mol. The summed E-state index contributed by atoms with van der Waals surface area (Å²) in [5.74, 6) is -1.35. The number of aliphatic carboxylic acids is 1. The number of aliphatic hydroxyl groups excluding tert-OH is 1. The van der Waals surface area contributed by atoms with Crippen molar-refractivity contribution < 1.29 is 19.8 Å². The SMILES string of the molecule is O=C(O)C(O)CNC(=O)N1CCCCc2ccccc21. The number of carboxylic acids is 1. The summed E-state index contributed by atoms with van der Waals surface area (Å²) in [5.41, 5.74) is 1.96. The number of hydrogen-bond acceptors (Lipinski definition) is 3. The molecule has 0 spiro atoms. The van der Waals surface area contributed by atoms with Crippen molar-refractivity contribution in [2.45, 2.75) is 25.4 Å². The molecule has 0 saturated heterocycles. The molecule has 108 valence electrons. The van der Waals surface area contributed by atoms with Crippen LogP contribution in [-0.2, 0) is 11.2 Å². The topological polar surface area (TPSA) is 89.9 Å². The Kier molecular flexibility index (Phi) is 4.57. The average molecular weight is 278 g/mol. The molecule has 1 atom stereocenters. The molecule has 3 N–H and O–H groups in total. The zero-order valence-electron chi connectivity index (χ0n) is 11.1. The number of carbonyl (C=O) groups is 2. The number of urea groups is 1. The van der Waals surface area contributed by atoms with Crippen LogP contribution in [0.3, 0.4) is 0 Å². The van der Waals surface area contributed by atoms with Crippen LogP contribution in [0.1, 0.15) is 18.4 Å². The Balaban J connectivity index is 2.08. The number of nitrogens with one attached hydrogen (secondary N) is 1. The van der Waals surface area contributed by atoms with Crippen LogP contribution in [0, 0.1) is 0 Å². The number of hydrogen-bond donors (Lipinski definition) is 3. The Hall–Kier alpha value is -2.08. The summed E-state index contributed by atoms with van der Waals surface area (Å²) in [5, 5.41) is 20.2. The van der Waals surface area contributed by atoms with E-state index in [9.17, 15) is 14.7 Å². The molecule has 1 aliphatic rings. The number of aryl methyl sites for hydroxylation is 1. The van der Waals surface area contributed by atoms with Crippen LogP contribution in [0.15, 0.2) is 24.3 Å². The van der Waals surface area contributed by atoms with E-state index >= 15 is 0 Å². The van der Waals surface area contributed by atoms with Gasteiger partial charge in [-0.15, -0.1) is 0 Å². The van der Waals surface area contributed by atoms with Crippen LogP contribution >= 0.6 is 0 Å². The third-order valence-corrected chi connectivity index (χ3v) is 3.34. The van der Waals surface area contributed by atoms with E-state index in [2.05, 4.69) is 5.32 Å². The smallest absolute Gasteiger partial charge is 0.334 e. The molecule has 2 amide bonds. The van der Waals surface area contributed by atoms with E-state index in [1.165, 1.54) is 0 Å². The summed E-state index contributed by atoms with van der Waals surface area (Å²) in [7, 11) is 0. The highest BCUT2D eigenvalue weighted by Gasteiger charge is 2.22. The second-order valence-electron chi connectivity index (χ2n) is 4.78. The van der Waals surface area contributed by atoms with Gasteiger partial charge < -0.3 is 15.5 Å². The Bertz CT molecular complexity index is 504. The van der Waals surface area contributed by atoms with Crippen molar-refractivity contribution >= 4 is 17.7 Å². The molecule has 0 aliphatic carbocycles. The van der Waals surface area contributed by atoms with Crippen molar-refractivity contribution in [2.75, 3.05) is 18.0 Å². The molecule has 1 aliphatic heterocycles. The van der Waals surface area contributed by atoms with E-state index in [1.807, 2.05) is 24.3 Å². The lowest BCUT2D eigenvalue weighted by Crippen LogP contribution is -2.45. The summed E-state index contributed by atoms with van der Waals surface area (Å²) in [4.78, 5) is 24.3. The third kappa shape index (κ3) is 3.27. The monoisotopic (exact) mass is 278 g/mol. The maximum atomic E-state index is 12.2. The maximum Gasteiger partial charge on any atom is 0.334 e. The summed E-state index contributed by atoms with van der Waals surface area (Å²) in [6.07, 6.45) is 1.25. The Morgan fingerprint density at radius 1 is 1.30 bits per heavy atom. The molecule has 2 rings (SSSR count). The predicted octanol–water partition coefficient (Wildman–Crippen LogP) is 0.984. The van der Waals surface area contributed by atoms with Gasteiger partial charge in [0, 0.05) is 12.2 Å². The molecule has 0 radical (unpaired) electrons. The first-order valence-corrected chi connectivity index (χ1v) is 6.63. The first-order chi connectivity index (χ1) is 9.59. The van der Waals surface area contributed by atoms with Crippen molar-refractivity contribution in [3.05, 3.63) is 29.8 Å². The molecule has 20 heavy (non-hydrogen) atoms. The highest BCUT2D eigenvalue weighted by molar-refractivity contribution is 5.93. The average Bonchev–Trinajstić information content (AvgIpc) is 2.66. The van der Waals surface area contributed by atoms with Gasteiger partial charge in [0.15, 0.2) is 6.10 Å². The number of carboxylic acid groups (broad SMARTS) is 1. The Labute approximate surface area is 117 Å². The molecule has 6 heteroatoms. The van der Waals surface area contributed by atoms with E-state index in [0.29, 0.717) is 6.54 Å². The maximum absolute atomic E-state index is 12.2. The fourth-order valence-corrected chi connectivity index (χ4v) is 2.27. The van der Waals surface area contributed by atoms with Crippen molar-refractivity contribution in [1.82, 2.24) is 5.32 Å². The molecule has 0 bridgehead atoms. The zero-order valence-corrected chi connectivity index (χ0v) is 11.1. The van der Waals surface area contributed by atoms with Gasteiger partial charge in [-0.3, -0.25) is 4.90 Å². The number of rotatable bonds is 3. The largest absolute Gasteiger partial charge is 0.479 e. The van der Waals surface area contributed by atoms with E-state index in [-0.39, 0.29) is 12.6 Å². The number of para-hydroxylation sites is 1. The lowest BCUT2D eigenvalue weighted by molar-refractivity contribution is -0.146. The number of aliphatic hydroxyl groups is 1. The van der Waals surface area contributed by atoms with Gasteiger partial charge in [0.1, 0.15) is 0 Å². The number of anilines is 1. The molecular formula is C14H18N2O4. The highest BCUT2D eigenvalue weighted by atomic mass is 16.4. The van der Waals surface area contributed by atoms with E-state index in [0.717, 1.165) is 30.5 Å². The van der Waals surface area contributed by atoms with Gasteiger partial charge in [0.25, 0.3) is 0 Å². The van der Waals surface area contributed by atoms with Crippen LogP contribution in [0.4, 0.5) is 10.5 Å². The highest BCUT2D eigenvalue weighted by Crippen LogP contribution is 2.25. The number of amides is 2. The normalized spacial score (nSPS) is 15.9. The molecule has 1 unspecified atom stereocenters. The number of nitrogens with zero attached hydrogens (tertiary/aromatic N) is 1. The van der Waals surface area contributed by atoms with E-state index < -0.39 is 12.1 Å². The summed E-state index contributed by atoms with van der Waals surface area (Å²) < 4.78 is 0. The van der Waals surface area contributed by atoms with Gasteiger partial charge in [-0.1, -0.05) is 18.2 Å². The van der Waals surface area contributed by atoms with E-state index in [4.69, 9.17) is 5.11 Å². The third-order valence-electron chi connectivity index (χ3n) is 3.34. The van der Waals surface area contributed by atoms with Gasteiger partial charge in [-0.25, -0.2) is 9.59 Å². The van der Waals surface area contributed by atoms with Crippen LogP contribution in [0.25, 0.3) is 0 Å². The fourth-order valence-electron chi connectivity index (χ4n) is 2.27. The zero-order chi connectivity index (χ0) is 14.5. The van der Waals surface area contributed by atoms with Crippen molar-refractivity contribution in [2.24, 2.45) is 0 Å². The molecule has 6 nitrogen and oxygen atoms in total. The summed E-state index contributed by atoms with van der Waals surface area (Å²) in [6.45, 7) is 0.291. The first kappa shape index (κ1) is 14.3. The molecule has 1 aromatic carbocycles. The Morgan fingerprint density at radius 2 is 2.05 bits per heavy atom. The summed E-state index contributed by atoms with van der Waals surface area (Å²) >= 11 is 0. The lowest BCUT2D eigenvalue weighted by atomic mass is 10.1. The quantitative estimate of drug-likeness (QED) is 0.769.